The first kappa shape index (κ1) is 21.1. The van der Waals surface area contributed by atoms with E-state index in [9.17, 15) is 14.0 Å². The molecule has 1 heterocycles. The molecule has 2 amide bonds. The Balaban J connectivity index is 1.39. The number of halogens is 2. The molecule has 2 aromatic carbocycles. The van der Waals surface area contributed by atoms with Gasteiger partial charge in [0.1, 0.15) is 5.82 Å². The maximum atomic E-state index is 14.1. The summed E-state index contributed by atoms with van der Waals surface area (Å²) in [4.78, 5) is 25.0. The second kappa shape index (κ2) is 8.89. The van der Waals surface area contributed by atoms with Gasteiger partial charge in [-0.1, -0.05) is 42.8 Å². The van der Waals surface area contributed by atoms with Gasteiger partial charge in [-0.2, -0.15) is 5.10 Å². The number of carbonyl (C=O) groups excluding carboxylic acids is 2. The van der Waals surface area contributed by atoms with Crippen LogP contribution in [0.15, 0.2) is 54.9 Å². The van der Waals surface area contributed by atoms with Crippen LogP contribution < -0.4 is 10.6 Å². The molecule has 1 aliphatic carbocycles. The molecule has 2 unspecified atom stereocenters. The molecule has 0 fully saturated rings. The molecule has 6 nitrogen and oxygen atoms in total. The van der Waals surface area contributed by atoms with Gasteiger partial charge in [0.2, 0.25) is 0 Å². The third-order valence-electron chi connectivity index (χ3n) is 5.55. The molecule has 0 saturated heterocycles. The first-order valence-corrected chi connectivity index (χ1v) is 10.4. The van der Waals surface area contributed by atoms with E-state index >= 15 is 0 Å². The fourth-order valence-corrected chi connectivity index (χ4v) is 4.01. The van der Waals surface area contributed by atoms with Crippen molar-refractivity contribution in [1.29, 1.82) is 0 Å². The zero-order valence-corrected chi connectivity index (χ0v) is 17.7. The van der Waals surface area contributed by atoms with Crippen molar-refractivity contribution in [2.45, 2.75) is 32.4 Å². The Morgan fingerprint density at radius 1 is 1.19 bits per heavy atom. The predicted molar refractivity (Wildman–Crippen MR) is 116 cm³/mol. The van der Waals surface area contributed by atoms with E-state index in [1.165, 1.54) is 12.3 Å². The molecule has 3 aromatic rings. The van der Waals surface area contributed by atoms with E-state index in [0.717, 1.165) is 17.5 Å². The lowest BCUT2D eigenvalue weighted by atomic mass is 9.80. The van der Waals surface area contributed by atoms with Crippen LogP contribution in [0.25, 0.3) is 0 Å². The van der Waals surface area contributed by atoms with Crippen LogP contribution >= 0.6 is 11.6 Å². The Morgan fingerprint density at radius 3 is 2.74 bits per heavy atom. The topological polar surface area (TPSA) is 76.0 Å². The van der Waals surface area contributed by atoms with Gasteiger partial charge in [0, 0.05) is 11.2 Å². The summed E-state index contributed by atoms with van der Waals surface area (Å²) in [6, 6.07) is 11.8. The first-order valence-electron chi connectivity index (χ1n) is 10.1. The zero-order chi connectivity index (χ0) is 22.0. The minimum Gasteiger partial charge on any atom is -0.341 e. The number of fused-ring (bicyclic) bond motifs is 1. The van der Waals surface area contributed by atoms with Crippen LogP contribution in [-0.4, -0.2) is 21.6 Å². The van der Waals surface area contributed by atoms with Crippen molar-refractivity contribution in [3.63, 3.8) is 0 Å². The maximum Gasteiger partial charge on any atom is 0.313 e. The number of benzene rings is 2. The highest BCUT2D eigenvalue weighted by Gasteiger charge is 2.31. The summed E-state index contributed by atoms with van der Waals surface area (Å²) in [5.74, 6) is -1.74. The molecule has 0 aliphatic heterocycles. The number of nitrogens with one attached hydrogen (secondary N) is 2. The van der Waals surface area contributed by atoms with E-state index in [-0.39, 0.29) is 11.7 Å². The monoisotopic (exact) mass is 440 g/mol. The second-order valence-electron chi connectivity index (χ2n) is 7.78. The van der Waals surface area contributed by atoms with Crippen molar-refractivity contribution in [2.24, 2.45) is 5.92 Å². The van der Waals surface area contributed by atoms with Gasteiger partial charge < -0.3 is 10.6 Å². The lowest BCUT2D eigenvalue weighted by Crippen LogP contribution is -2.41. The standard InChI is InChI=1S/C23H22ClFN4O2/c1-14-5-10-18-19(3-2-4-20(18)25)21(14)28-23(31)22(30)27-17-11-26-29(13-17)12-15-6-8-16(24)9-7-15/h2-4,6-9,11,13-14,21H,5,10,12H2,1H3,(H,27,30)(H,28,31). The average Bonchev–Trinajstić information content (AvgIpc) is 3.18. The predicted octanol–water partition coefficient (Wildman–Crippen LogP) is 4.10. The summed E-state index contributed by atoms with van der Waals surface area (Å²) in [6.07, 6.45) is 4.48. The van der Waals surface area contributed by atoms with E-state index in [4.69, 9.17) is 11.6 Å². The Labute approximate surface area is 184 Å². The molecule has 0 bridgehead atoms. The van der Waals surface area contributed by atoms with E-state index in [1.807, 2.05) is 19.1 Å². The zero-order valence-electron chi connectivity index (χ0n) is 16.9. The second-order valence-corrected chi connectivity index (χ2v) is 8.22. The lowest BCUT2D eigenvalue weighted by Gasteiger charge is -2.32. The summed E-state index contributed by atoms with van der Waals surface area (Å²) >= 11 is 5.89. The molecular weight excluding hydrogens is 419 g/mol. The number of anilines is 1. The van der Waals surface area contributed by atoms with Crippen molar-refractivity contribution in [1.82, 2.24) is 15.1 Å². The van der Waals surface area contributed by atoms with Gasteiger partial charge in [-0.15, -0.1) is 0 Å². The van der Waals surface area contributed by atoms with Crippen LogP contribution in [0.5, 0.6) is 0 Å². The van der Waals surface area contributed by atoms with Crippen LogP contribution in [0, 0.1) is 11.7 Å². The van der Waals surface area contributed by atoms with Gasteiger partial charge in [0.05, 0.1) is 24.5 Å². The summed E-state index contributed by atoms with van der Waals surface area (Å²) in [7, 11) is 0. The van der Waals surface area contributed by atoms with Crippen LogP contribution in [-0.2, 0) is 22.6 Å². The molecule has 4 rings (SSSR count). The highest BCUT2D eigenvalue weighted by Crippen LogP contribution is 2.35. The van der Waals surface area contributed by atoms with Crippen molar-refractivity contribution in [3.8, 4) is 0 Å². The Morgan fingerprint density at radius 2 is 1.97 bits per heavy atom. The van der Waals surface area contributed by atoms with Crippen molar-refractivity contribution in [2.75, 3.05) is 5.32 Å². The molecule has 1 aliphatic rings. The minimum absolute atomic E-state index is 0.0909. The fraction of sp³-hybridized carbons (Fsp3) is 0.261. The molecule has 31 heavy (non-hydrogen) atoms. The highest BCUT2D eigenvalue weighted by molar-refractivity contribution is 6.39. The number of carbonyl (C=O) groups is 2. The summed E-state index contributed by atoms with van der Waals surface area (Å²) < 4.78 is 15.8. The smallest absolute Gasteiger partial charge is 0.313 e. The maximum absolute atomic E-state index is 14.1. The van der Waals surface area contributed by atoms with Gasteiger partial charge in [0.15, 0.2) is 0 Å². The largest absolute Gasteiger partial charge is 0.341 e. The van der Waals surface area contributed by atoms with Gasteiger partial charge in [-0.25, -0.2) is 4.39 Å². The summed E-state index contributed by atoms with van der Waals surface area (Å²) in [5.41, 5.74) is 2.75. The Kier molecular flexibility index (Phi) is 6.04. The SMILES string of the molecule is CC1CCc2c(F)cccc2C1NC(=O)C(=O)Nc1cnn(Cc2ccc(Cl)cc2)c1. The molecule has 0 radical (unpaired) electrons. The minimum atomic E-state index is -0.790. The number of amides is 2. The Bertz CT molecular complexity index is 1110. The summed E-state index contributed by atoms with van der Waals surface area (Å²) in [5, 5.41) is 10.2. The summed E-state index contributed by atoms with van der Waals surface area (Å²) in [6.45, 7) is 2.48. The number of hydrogen-bond donors (Lipinski definition) is 2. The number of aromatic nitrogens is 2. The van der Waals surface area contributed by atoms with Crippen LogP contribution in [0.2, 0.25) is 5.02 Å². The van der Waals surface area contributed by atoms with E-state index in [1.54, 1.807) is 35.1 Å². The fourth-order valence-electron chi connectivity index (χ4n) is 3.88. The van der Waals surface area contributed by atoms with Gasteiger partial charge in [-0.05, 0) is 53.6 Å². The van der Waals surface area contributed by atoms with Gasteiger partial charge in [0.25, 0.3) is 0 Å². The van der Waals surface area contributed by atoms with E-state index < -0.39 is 17.9 Å². The Hall–Kier alpha value is -3.19. The van der Waals surface area contributed by atoms with Crippen molar-refractivity contribution < 1.29 is 14.0 Å². The molecule has 0 saturated carbocycles. The molecule has 8 heteroatoms. The molecule has 2 N–H and O–H groups in total. The van der Waals surface area contributed by atoms with Crippen LogP contribution in [0.1, 0.15) is 36.1 Å². The molecule has 2 atom stereocenters. The van der Waals surface area contributed by atoms with Crippen LogP contribution in [0.4, 0.5) is 10.1 Å². The number of hydrogen-bond acceptors (Lipinski definition) is 3. The normalized spacial score (nSPS) is 17.6. The first-order chi connectivity index (χ1) is 14.9. The average molecular weight is 441 g/mol. The molecular formula is C23H22ClFN4O2. The third-order valence-corrected chi connectivity index (χ3v) is 5.80. The third kappa shape index (κ3) is 4.77. The molecule has 0 spiro atoms. The van der Waals surface area contributed by atoms with Gasteiger partial charge >= 0.3 is 11.8 Å². The number of rotatable bonds is 4. The highest BCUT2D eigenvalue weighted by atomic mass is 35.5. The van der Waals surface area contributed by atoms with Crippen molar-refractivity contribution >= 4 is 29.1 Å². The number of nitrogens with zero attached hydrogens (tertiary/aromatic N) is 2. The van der Waals surface area contributed by atoms with Gasteiger partial charge in [-0.3, -0.25) is 14.3 Å². The lowest BCUT2D eigenvalue weighted by molar-refractivity contribution is -0.136. The van der Waals surface area contributed by atoms with Crippen LogP contribution in [0.3, 0.4) is 0 Å². The van der Waals surface area contributed by atoms with Crippen molar-refractivity contribution in [3.05, 3.63) is 82.4 Å². The quantitative estimate of drug-likeness (QED) is 0.599. The van der Waals surface area contributed by atoms with E-state index in [2.05, 4.69) is 15.7 Å². The van der Waals surface area contributed by atoms with E-state index in [0.29, 0.717) is 29.2 Å². The molecule has 1 aromatic heterocycles. The molecule has 160 valence electrons.